The molecule has 5 nitrogen and oxygen atoms in total. The Morgan fingerprint density at radius 1 is 1.09 bits per heavy atom. The number of carbonyl (C=O) groups is 3. The van der Waals surface area contributed by atoms with E-state index in [1.54, 1.807) is 29.2 Å². The van der Waals surface area contributed by atoms with Crippen LogP contribution in [0.15, 0.2) is 24.3 Å². The van der Waals surface area contributed by atoms with Crippen molar-refractivity contribution < 1.29 is 14.4 Å². The highest BCUT2D eigenvalue weighted by Gasteiger charge is 2.21. The Bertz CT molecular complexity index is 540. The fraction of sp³-hybridized carbons (Fsp3) is 0.471. The van der Waals surface area contributed by atoms with Crippen LogP contribution in [0.3, 0.4) is 0 Å². The maximum absolute atomic E-state index is 12.2. The van der Waals surface area contributed by atoms with Crippen molar-refractivity contribution in [3.63, 3.8) is 0 Å². The van der Waals surface area contributed by atoms with E-state index in [0.717, 1.165) is 19.3 Å². The second kappa shape index (κ2) is 8.97. The van der Waals surface area contributed by atoms with Gasteiger partial charge in [-0.15, -0.1) is 0 Å². The van der Waals surface area contributed by atoms with Gasteiger partial charge in [0, 0.05) is 24.3 Å². The zero-order chi connectivity index (χ0) is 16.5. The zero-order valence-electron chi connectivity index (χ0n) is 13.5. The van der Waals surface area contributed by atoms with Crippen LogP contribution in [0.1, 0.15) is 50.4 Å². The number of hydrogen-bond acceptors (Lipinski definition) is 3. The highest BCUT2D eigenvalue weighted by molar-refractivity contribution is 6.39. The van der Waals surface area contributed by atoms with Crippen molar-refractivity contribution >= 4 is 23.3 Å². The number of unbranched alkanes of at least 4 members (excludes halogenated alkanes) is 1. The highest BCUT2D eigenvalue weighted by atomic mass is 16.2. The summed E-state index contributed by atoms with van der Waals surface area (Å²) in [4.78, 5) is 37.2. The molecule has 0 aliphatic heterocycles. The third-order valence-electron chi connectivity index (χ3n) is 3.28. The fourth-order valence-corrected chi connectivity index (χ4v) is 2.08. The summed E-state index contributed by atoms with van der Waals surface area (Å²) < 4.78 is 0. The molecule has 0 unspecified atom stereocenters. The van der Waals surface area contributed by atoms with E-state index in [1.807, 2.05) is 13.8 Å². The van der Waals surface area contributed by atoms with Crippen LogP contribution >= 0.6 is 0 Å². The molecule has 5 heteroatoms. The molecule has 0 heterocycles. The molecule has 0 saturated carbocycles. The minimum Gasteiger partial charge on any atom is -0.334 e. The lowest BCUT2D eigenvalue weighted by atomic mass is 10.1. The van der Waals surface area contributed by atoms with Crippen LogP contribution in [0.5, 0.6) is 0 Å². The molecule has 0 fully saturated rings. The summed E-state index contributed by atoms with van der Waals surface area (Å²) in [5.74, 6) is -1.27. The lowest BCUT2D eigenvalue weighted by Crippen LogP contribution is -2.40. The number of rotatable bonds is 7. The number of ketones is 1. The van der Waals surface area contributed by atoms with Gasteiger partial charge in [0.2, 0.25) is 0 Å². The average Bonchev–Trinajstić information content (AvgIpc) is 2.50. The molecule has 0 bridgehead atoms. The lowest BCUT2D eigenvalue weighted by molar-refractivity contribution is -0.143. The topological polar surface area (TPSA) is 66.5 Å². The van der Waals surface area contributed by atoms with Crippen molar-refractivity contribution in [2.75, 3.05) is 18.4 Å². The molecule has 1 N–H and O–H groups in total. The Morgan fingerprint density at radius 2 is 1.82 bits per heavy atom. The van der Waals surface area contributed by atoms with Crippen molar-refractivity contribution in [2.45, 2.75) is 40.0 Å². The predicted octanol–water partition coefficient (Wildman–Crippen LogP) is 2.87. The largest absolute Gasteiger partial charge is 0.334 e. The van der Waals surface area contributed by atoms with E-state index in [4.69, 9.17) is 0 Å². The molecule has 0 saturated heterocycles. The monoisotopic (exact) mass is 304 g/mol. The van der Waals surface area contributed by atoms with Crippen LogP contribution in [-0.4, -0.2) is 35.6 Å². The number of Topliss-reactive ketones (excluding diaryl/α,β-unsaturated/α-hetero) is 1. The SMILES string of the molecule is CCCCN(CCC)C(=O)C(=O)Nc1cccc(C(C)=O)c1. The Morgan fingerprint density at radius 3 is 2.41 bits per heavy atom. The maximum atomic E-state index is 12.2. The smallest absolute Gasteiger partial charge is 0.313 e. The Labute approximate surface area is 131 Å². The fourth-order valence-electron chi connectivity index (χ4n) is 2.08. The van der Waals surface area contributed by atoms with E-state index in [9.17, 15) is 14.4 Å². The summed E-state index contributed by atoms with van der Waals surface area (Å²) in [6.07, 6.45) is 2.65. The number of anilines is 1. The van der Waals surface area contributed by atoms with Gasteiger partial charge < -0.3 is 10.2 Å². The van der Waals surface area contributed by atoms with E-state index in [0.29, 0.717) is 24.3 Å². The molecule has 120 valence electrons. The van der Waals surface area contributed by atoms with E-state index in [2.05, 4.69) is 5.32 Å². The van der Waals surface area contributed by atoms with Crippen LogP contribution in [0.25, 0.3) is 0 Å². The highest BCUT2D eigenvalue weighted by Crippen LogP contribution is 2.11. The van der Waals surface area contributed by atoms with Crippen molar-refractivity contribution in [3.05, 3.63) is 29.8 Å². The summed E-state index contributed by atoms with van der Waals surface area (Å²) in [5, 5.41) is 2.57. The van der Waals surface area contributed by atoms with Crippen LogP contribution in [0.4, 0.5) is 5.69 Å². The second-order valence-corrected chi connectivity index (χ2v) is 5.24. The molecule has 0 aliphatic carbocycles. The number of benzene rings is 1. The third-order valence-corrected chi connectivity index (χ3v) is 3.28. The minimum absolute atomic E-state index is 0.0852. The molecule has 1 aromatic rings. The van der Waals surface area contributed by atoms with E-state index in [1.165, 1.54) is 6.92 Å². The summed E-state index contributed by atoms with van der Waals surface area (Å²) >= 11 is 0. The second-order valence-electron chi connectivity index (χ2n) is 5.24. The van der Waals surface area contributed by atoms with Crippen molar-refractivity contribution in [1.29, 1.82) is 0 Å². The van der Waals surface area contributed by atoms with Gasteiger partial charge in [-0.05, 0) is 31.9 Å². The summed E-state index contributed by atoms with van der Waals surface area (Å²) in [7, 11) is 0. The van der Waals surface area contributed by atoms with Gasteiger partial charge in [0.1, 0.15) is 0 Å². The van der Waals surface area contributed by atoms with E-state index >= 15 is 0 Å². The average molecular weight is 304 g/mol. The van der Waals surface area contributed by atoms with Crippen LogP contribution in [0.2, 0.25) is 0 Å². The van der Waals surface area contributed by atoms with E-state index in [-0.39, 0.29) is 5.78 Å². The molecule has 22 heavy (non-hydrogen) atoms. The molecule has 0 spiro atoms. The Kier molecular flexibility index (Phi) is 7.29. The first-order valence-corrected chi connectivity index (χ1v) is 7.70. The molecule has 1 aromatic carbocycles. The predicted molar refractivity (Wildman–Crippen MR) is 86.9 cm³/mol. The number of hydrogen-bond donors (Lipinski definition) is 1. The van der Waals surface area contributed by atoms with Gasteiger partial charge in [-0.1, -0.05) is 32.4 Å². The third kappa shape index (κ3) is 5.31. The van der Waals surface area contributed by atoms with Crippen molar-refractivity contribution in [1.82, 2.24) is 4.90 Å². The zero-order valence-corrected chi connectivity index (χ0v) is 13.5. The molecule has 0 atom stereocenters. The lowest BCUT2D eigenvalue weighted by Gasteiger charge is -2.21. The summed E-state index contributed by atoms with van der Waals surface area (Å²) in [6, 6.07) is 6.58. The molecule has 0 aromatic heterocycles. The first-order valence-electron chi connectivity index (χ1n) is 7.70. The molecular weight excluding hydrogens is 280 g/mol. The number of amides is 2. The van der Waals surface area contributed by atoms with Crippen LogP contribution in [0, 0.1) is 0 Å². The quantitative estimate of drug-likeness (QED) is 0.622. The molecule has 0 radical (unpaired) electrons. The first kappa shape index (κ1) is 17.9. The van der Waals surface area contributed by atoms with Gasteiger partial charge in [-0.3, -0.25) is 14.4 Å². The normalized spacial score (nSPS) is 10.1. The Balaban J connectivity index is 2.75. The standard InChI is InChI=1S/C17H24N2O3/c1-4-6-11-19(10-5-2)17(22)16(21)18-15-9-7-8-14(12-15)13(3)20/h7-9,12H,4-6,10-11H2,1-3H3,(H,18,21). The van der Waals surface area contributed by atoms with Gasteiger partial charge in [0.15, 0.2) is 5.78 Å². The van der Waals surface area contributed by atoms with Gasteiger partial charge in [0.25, 0.3) is 0 Å². The maximum Gasteiger partial charge on any atom is 0.313 e. The Hall–Kier alpha value is -2.17. The first-order chi connectivity index (χ1) is 10.5. The van der Waals surface area contributed by atoms with E-state index < -0.39 is 11.8 Å². The van der Waals surface area contributed by atoms with Gasteiger partial charge >= 0.3 is 11.8 Å². The molecular formula is C17H24N2O3. The summed E-state index contributed by atoms with van der Waals surface area (Å²) in [5.41, 5.74) is 0.958. The minimum atomic E-state index is -0.662. The molecule has 2 amide bonds. The molecule has 1 rings (SSSR count). The number of nitrogens with zero attached hydrogens (tertiary/aromatic N) is 1. The van der Waals surface area contributed by atoms with Crippen molar-refractivity contribution in [2.24, 2.45) is 0 Å². The van der Waals surface area contributed by atoms with Crippen LogP contribution in [-0.2, 0) is 9.59 Å². The summed E-state index contributed by atoms with van der Waals surface area (Å²) in [6.45, 7) is 6.63. The van der Waals surface area contributed by atoms with Crippen LogP contribution < -0.4 is 5.32 Å². The van der Waals surface area contributed by atoms with Gasteiger partial charge in [0.05, 0.1) is 0 Å². The van der Waals surface area contributed by atoms with Gasteiger partial charge in [-0.2, -0.15) is 0 Å². The number of carbonyl (C=O) groups excluding carboxylic acids is 3. The van der Waals surface area contributed by atoms with Crippen molar-refractivity contribution in [3.8, 4) is 0 Å². The molecule has 0 aliphatic rings. The number of nitrogens with one attached hydrogen (secondary N) is 1. The van der Waals surface area contributed by atoms with Gasteiger partial charge in [-0.25, -0.2) is 0 Å².